The van der Waals surface area contributed by atoms with Crippen molar-refractivity contribution in [1.29, 1.82) is 0 Å². The summed E-state index contributed by atoms with van der Waals surface area (Å²) in [4.78, 5) is 39.3. The van der Waals surface area contributed by atoms with Gasteiger partial charge in [-0.2, -0.15) is 0 Å². The van der Waals surface area contributed by atoms with Crippen LogP contribution >= 0.6 is 0 Å². The zero-order chi connectivity index (χ0) is 38.8. The second-order valence-corrected chi connectivity index (χ2v) is 19.8. The summed E-state index contributed by atoms with van der Waals surface area (Å²) in [5.74, 6) is 2.39. The van der Waals surface area contributed by atoms with Crippen molar-refractivity contribution in [3.8, 4) is 11.5 Å². The largest absolute Gasteiger partial charge is 0.497 e. The molecule has 10 atom stereocenters. The lowest BCUT2D eigenvalue weighted by atomic mass is 9.32. The number of methoxy groups -OCH3 is 1. The summed E-state index contributed by atoms with van der Waals surface area (Å²) in [7, 11) is 1.65. The predicted octanol–water partition coefficient (Wildman–Crippen LogP) is 9.26. The minimum absolute atomic E-state index is 0.101. The van der Waals surface area contributed by atoms with Crippen LogP contribution in [0.15, 0.2) is 36.4 Å². The number of hydrogen-bond acceptors (Lipinski definition) is 6. The molecule has 0 heterocycles. The molecule has 5 aliphatic carbocycles. The molecule has 0 bridgehead atoms. The van der Waals surface area contributed by atoms with Crippen LogP contribution in [0.1, 0.15) is 126 Å². The van der Waals surface area contributed by atoms with Crippen LogP contribution in [0, 0.1) is 62.1 Å². The first-order chi connectivity index (χ1) is 24.8. The molecule has 0 unspecified atom stereocenters. The Labute approximate surface area is 318 Å². The van der Waals surface area contributed by atoms with Crippen LogP contribution in [0.3, 0.4) is 0 Å². The van der Waals surface area contributed by atoms with Crippen LogP contribution in [0.4, 0.5) is 0 Å². The molecule has 5 aliphatic rings. The Morgan fingerprint density at radius 1 is 0.868 bits per heavy atom. The topological polar surface area (TPSA) is 111 Å². The van der Waals surface area contributed by atoms with Crippen molar-refractivity contribution in [2.45, 2.75) is 132 Å². The van der Waals surface area contributed by atoms with E-state index >= 15 is 0 Å². The summed E-state index contributed by atoms with van der Waals surface area (Å²) in [5.41, 5.74) is -0.195. The summed E-state index contributed by atoms with van der Waals surface area (Å²) in [6.07, 6.45) is 9.89. The van der Waals surface area contributed by atoms with Crippen molar-refractivity contribution < 1.29 is 33.7 Å². The highest BCUT2D eigenvalue weighted by Crippen LogP contribution is 2.77. The number of aliphatic carboxylic acids is 1. The number of carbonyl (C=O) groups excluding carboxylic acids is 2. The average Bonchev–Trinajstić information content (AvgIpc) is 3.50. The molecule has 2 N–H and O–H groups in total. The van der Waals surface area contributed by atoms with Gasteiger partial charge in [0.05, 0.1) is 30.9 Å². The third-order valence-electron chi connectivity index (χ3n) is 16.6. The van der Waals surface area contributed by atoms with Crippen LogP contribution in [0.5, 0.6) is 11.5 Å². The summed E-state index contributed by atoms with van der Waals surface area (Å²) < 4.78 is 17.4. The molecule has 1 aromatic carbocycles. The van der Waals surface area contributed by atoms with E-state index in [1.165, 1.54) is 5.57 Å². The Hall–Kier alpha value is -3.03. The summed E-state index contributed by atoms with van der Waals surface area (Å²) in [6, 6.07) is 7.55. The SMILES string of the molecule is C=C(C)[C@@H]1CC[C@]2(C(=O)NCCOc3ccc(OC)cc3)CC[C@]3(C)[C@H](CC[C@@H]4[C@@]5(C)CC[C@H](OC(=O)CC(C)(C)C(=O)O)C(C)(C)[C@@H]5CC[C@]43C)[C@@H]12. The van der Waals surface area contributed by atoms with E-state index in [9.17, 15) is 19.5 Å². The number of fused-ring (bicyclic) bond motifs is 7. The van der Waals surface area contributed by atoms with Crippen molar-refractivity contribution in [3.05, 3.63) is 36.4 Å². The average molecular weight is 734 g/mol. The molecule has 6 rings (SSSR count). The van der Waals surface area contributed by atoms with E-state index in [0.717, 1.165) is 75.7 Å². The van der Waals surface area contributed by atoms with E-state index in [0.29, 0.717) is 36.8 Å². The molecule has 5 fully saturated rings. The molecule has 0 spiro atoms. The van der Waals surface area contributed by atoms with E-state index in [1.54, 1.807) is 21.0 Å². The van der Waals surface area contributed by atoms with Gasteiger partial charge in [-0.05, 0) is 155 Å². The molecular formula is C45H67NO7. The number of allylic oxidation sites excluding steroid dienone is 1. The molecule has 0 saturated heterocycles. The van der Waals surface area contributed by atoms with Gasteiger partial charge in [0.15, 0.2) is 0 Å². The molecule has 0 aromatic heterocycles. The zero-order valence-electron chi connectivity index (χ0n) is 34.1. The highest BCUT2D eigenvalue weighted by atomic mass is 16.5. The van der Waals surface area contributed by atoms with Gasteiger partial charge in [0, 0.05) is 5.41 Å². The molecule has 0 radical (unpaired) electrons. The first-order valence-electron chi connectivity index (χ1n) is 20.4. The molecule has 8 heteroatoms. The minimum Gasteiger partial charge on any atom is -0.497 e. The maximum Gasteiger partial charge on any atom is 0.309 e. The first kappa shape index (κ1) is 39.7. The monoisotopic (exact) mass is 733 g/mol. The number of carboxylic acids is 1. The van der Waals surface area contributed by atoms with E-state index in [2.05, 4.69) is 53.4 Å². The summed E-state index contributed by atoms with van der Waals surface area (Å²) in [6.45, 7) is 23.1. The standard InChI is InChI=1S/C45H67NO7/c1-28(2)31-17-22-45(38(48)46-25-26-52-30-13-11-29(51-10)12-14-30)24-23-43(8)32(37(31)45)15-16-34-42(7)20-19-35(53-36(47)27-40(3,4)39(49)50)41(5,6)33(42)18-21-44(34,43)9/h11-14,31-35,37H,1,15-27H2,2-10H3,(H,46,48)(H,49,50)/t31-,32+,33-,34+,35-,37+,42-,43+,44+,45-/m0/s1. The number of carbonyl (C=O) groups is 3. The van der Waals surface area contributed by atoms with E-state index in [4.69, 9.17) is 14.2 Å². The van der Waals surface area contributed by atoms with Crippen LogP contribution in [-0.2, 0) is 19.1 Å². The fourth-order valence-electron chi connectivity index (χ4n) is 13.5. The molecule has 1 aromatic rings. The second-order valence-electron chi connectivity index (χ2n) is 19.8. The van der Waals surface area contributed by atoms with Crippen molar-refractivity contribution >= 4 is 17.8 Å². The predicted molar refractivity (Wildman–Crippen MR) is 206 cm³/mol. The van der Waals surface area contributed by atoms with Gasteiger partial charge in [-0.3, -0.25) is 14.4 Å². The number of esters is 1. The maximum atomic E-state index is 14.5. The van der Waals surface area contributed by atoms with Crippen molar-refractivity contribution in [2.75, 3.05) is 20.3 Å². The van der Waals surface area contributed by atoms with Gasteiger partial charge >= 0.3 is 11.9 Å². The number of rotatable bonds is 11. The van der Waals surface area contributed by atoms with Crippen molar-refractivity contribution in [2.24, 2.45) is 62.1 Å². The lowest BCUT2D eigenvalue weighted by molar-refractivity contribution is -0.249. The normalized spacial score (nSPS) is 38.6. The van der Waals surface area contributed by atoms with E-state index in [1.807, 2.05) is 24.3 Å². The molecule has 53 heavy (non-hydrogen) atoms. The molecule has 8 nitrogen and oxygen atoms in total. The smallest absolute Gasteiger partial charge is 0.309 e. The van der Waals surface area contributed by atoms with Gasteiger partial charge < -0.3 is 24.6 Å². The van der Waals surface area contributed by atoms with Crippen molar-refractivity contribution in [3.63, 3.8) is 0 Å². The Bertz CT molecular complexity index is 1580. The van der Waals surface area contributed by atoms with Crippen molar-refractivity contribution in [1.82, 2.24) is 5.32 Å². The van der Waals surface area contributed by atoms with Gasteiger partial charge in [0.1, 0.15) is 24.2 Å². The van der Waals surface area contributed by atoms with Crippen LogP contribution in [-0.4, -0.2) is 49.3 Å². The minimum atomic E-state index is -1.15. The van der Waals surface area contributed by atoms with Gasteiger partial charge in [-0.15, -0.1) is 0 Å². The molecule has 1 amide bonds. The fraction of sp³-hybridized carbons (Fsp3) is 0.756. The van der Waals surface area contributed by atoms with Gasteiger partial charge in [0.2, 0.25) is 5.91 Å². The van der Waals surface area contributed by atoms with Crippen LogP contribution in [0.2, 0.25) is 0 Å². The van der Waals surface area contributed by atoms with E-state index in [-0.39, 0.29) is 51.4 Å². The molecular weight excluding hydrogens is 666 g/mol. The summed E-state index contributed by atoms with van der Waals surface area (Å²) in [5, 5.41) is 13.0. The number of carboxylic acid groups (broad SMARTS) is 1. The van der Waals surface area contributed by atoms with Gasteiger partial charge in [-0.25, -0.2) is 0 Å². The Kier molecular flexibility index (Phi) is 10.4. The third kappa shape index (κ3) is 6.40. The quantitative estimate of drug-likeness (QED) is 0.133. The summed E-state index contributed by atoms with van der Waals surface area (Å²) >= 11 is 0. The second kappa shape index (κ2) is 13.9. The Balaban J connectivity index is 1.19. The maximum absolute atomic E-state index is 14.5. The third-order valence-corrected chi connectivity index (χ3v) is 16.6. The molecule has 5 saturated carbocycles. The number of benzene rings is 1. The lowest BCUT2D eigenvalue weighted by Gasteiger charge is -2.72. The van der Waals surface area contributed by atoms with Crippen LogP contribution in [0.25, 0.3) is 0 Å². The highest BCUT2D eigenvalue weighted by molar-refractivity contribution is 5.84. The number of hydrogen-bond donors (Lipinski definition) is 2. The number of nitrogens with one attached hydrogen (secondary N) is 1. The van der Waals surface area contributed by atoms with Gasteiger partial charge in [-0.1, -0.05) is 46.8 Å². The lowest BCUT2D eigenvalue weighted by Crippen LogP contribution is -2.67. The highest BCUT2D eigenvalue weighted by Gasteiger charge is 2.72. The zero-order valence-corrected chi connectivity index (χ0v) is 34.1. The molecule has 0 aliphatic heterocycles. The van der Waals surface area contributed by atoms with Crippen LogP contribution < -0.4 is 14.8 Å². The Morgan fingerprint density at radius 2 is 1.55 bits per heavy atom. The number of ether oxygens (including phenoxy) is 3. The number of amides is 1. The van der Waals surface area contributed by atoms with E-state index < -0.39 is 17.4 Å². The Morgan fingerprint density at radius 3 is 2.19 bits per heavy atom. The first-order valence-corrected chi connectivity index (χ1v) is 20.4. The van der Waals surface area contributed by atoms with Gasteiger partial charge in [0.25, 0.3) is 0 Å². The fourth-order valence-corrected chi connectivity index (χ4v) is 13.5. The molecule has 294 valence electrons.